The summed E-state index contributed by atoms with van der Waals surface area (Å²) in [5.74, 6) is 0.295. The van der Waals surface area contributed by atoms with Crippen molar-refractivity contribution in [2.75, 3.05) is 19.0 Å². The summed E-state index contributed by atoms with van der Waals surface area (Å²) in [5, 5.41) is 0.347. The van der Waals surface area contributed by atoms with Gasteiger partial charge in [-0.05, 0) is 24.3 Å². The number of hydrogen-bond acceptors (Lipinski definition) is 3. The maximum Gasteiger partial charge on any atom is 0.250 e. The van der Waals surface area contributed by atoms with Crippen molar-refractivity contribution in [2.24, 2.45) is 5.73 Å². The van der Waals surface area contributed by atoms with E-state index in [1.54, 1.807) is 12.1 Å². The number of anilines is 1. The highest BCUT2D eigenvalue weighted by Crippen LogP contribution is 2.25. The molecule has 1 aromatic heterocycles. The van der Waals surface area contributed by atoms with E-state index in [1.165, 1.54) is 0 Å². The number of benzene rings is 1. The van der Waals surface area contributed by atoms with Crippen LogP contribution in [0.25, 0.3) is 11.3 Å². The third-order valence-corrected chi connectivity index (χ3v) is 3.05. The van der Waals surface area contributed by atoms with Crippen LogP contribution in [-0.4, -0.2) is 25.0 Å². The predicted molar refractivity (Wildman–Crippen MR) is 77.5 cm³/mol. The van der Waals surface area contributed by atoms with Gasteiger partial charge in [0.15, 0.2) is 0 Å². The van der Waals surface area contributed by atoms with Crippen molar-refractivity contribution >= 4 is 23.3 Å². The fraction of sp³-hybridized carbons (Fsp3) is 0.143. The van der Waals surface area contributed by atoms with E-state index in [2.05, 4.69) is 4.98 Å². The highest BCUT2D eigenvalue weighted by molar-refractivity contribution is 6.33. The SMILES string of the molecule is CN(C)c1cccc(-c2ccc(Cl)c(C(N)=O)c2)n1. The first kappa shape index (κ1) is 13.4. The van der Waals surface area contributed by atoms with E-state index in [1.807, 2.05) is 43.3 Å². The molecule has 1 amide bonds. The van der Waals surface area contributed by atoms with Gasteiger partial charge in [-0.15, -0.1) is 0 Å². The minimum absolute atomic E-state index is 0.302. The molecule has 0 atom stereocenters. The zero-order valence-electron chi connectivity index (χ0n) is 10.7. The lowest BCUT2D eigenvalue weighted by atomic mass is 10.1. The number of amides is 1. The van der Waals surface area contributed by atoms with E-state index in [9.17, 15) is 4.79 Å². The maximum absolute atomic E-state index is 11.3. The third-order valence-electron chi connectivity index (χ3n) is 2.72. The van der Waals surface area contributed by atoms with Crippen LogP contribution in [0.3, 0.4) is 0 Å². The second-order valence-corrected chi connectivity index (χ2v) is 4.74. The summed E-state index contributed by atoms with van der Waals surface area (Å²) in [6.07, 6.45) is 0. The van der Waals surface area contributed by atoms with Gasteiger partial charge in [0, 0.05) is 19.7 Å². The molecule has 0 saturated carbocycles. The molecular weight excluding hydrogens is 262 g/mol. The lowest BCUT2D eigenvalue weighted by molar-refractivity contribution is 0.100. The molecule has 98 valence electrons. The van der Waals surface area contributed by atoms with Crippen LogP contribution in [0.4, 0.5) is 5.82 Å². The van der Waals surface area contributed by atoms with Crippen LogP contribution in [0.15, 0.2) is 36.4 Å². The van der Waals surface area contributed by atoms with Crippen molar-refractivity contribution in [2.45, 2.75) is 0 Å². The quantitative estimate of drug-likeness (QED) is 0.936. The van der Waals surface area contributed by atoms with Crippen molar-refractivity contribution in [1.82, 2.24) is 4.98 Å². The van der Waals surface area contributed by atoms with Crippen molar-refractivity contribution < 1.29 is 4.79 Å². The molecule has 5 heteroatoms. The Kier molecular flexibility index (Phi) is 3.71. The van der Waals surface area contributed by atoms with Crippen LogP contribution in [0.5, 0.6) is 0 Å². The molecule has 0 fully saturated rings. The minimum atomic E-state index is -0.546. The number of pyridine rings is 1. The highest BCUT2D eigenvalue weighted by Gasteiger charge is 2.10. The molecule has 0 radical (unpaired) electrons. The molecule has 0 spiro atoms. The maximum atomic E-state index is 11.3. The van der Waals surface area contributed by atoms with E-state index < -0.39 is 5.91 Å². The first-order chi connectivity index (χ1) is 8.99. The Morgan fingerprint density at radius 1 is 1.26 bits per heavy atom. The monoisotopic (exact) mass is 275 g/mol. The molecule has 0 bridgehead atoms. The van der Waals surface area contributed by atoms with E-state index in [4.69, 9.17) is 17.3 Å². The number of hydrogen-bond donors (Lipinski definition) is 1. The fourth-order valence-corrected chi connectivity index (χ4v) is 1.92. The Labute approximate surface area is 116 Å². The number of primary amides is 1. The van der Waals surface area contributed by atoms with Gasteiger partial charge in [-0.2, -0.15) is 0 Å². The molecule has 0 saturated heterocycles. The normalized spacial score (nSPS) is 10.3. The number of nitrogens with two attached hydrogens (primary N) is 1. The number of nitrogens with zero attached hydrogens (tertiary/aromatic N) is 2. The Balaban J connectivity index is 2.50. The zero-order valence-corrected chi connectivity index (χ0v) is 11.5. The zero-order chi connectivity index (χ0) is 14.0. The van der Waals surface area contributed by atoms with E-state index >= 15 is 0 Å². The Morgan fingerprint density at radius 3 is 2.63 bits per heavy atom. The molecule has 1 aromatic carbocycles. The summed E-state index contributed by atoms with van der Waals surface area (Å²) in [7, 11) is 3.84. The highest BCUT2D eigenvalue weighted by atomic mass is 35.5. The number of halogens is 1. The van der Waals surface area contributed by atoms with Crippen LogP contribution < -0.4 is 10.6 Å². The van der Waals surface area contributed by atoms with Gasteiger partial charge in [-0.1, -0.05) is 23.7 Å². The molecule has 1 heterocycles. The Bertz CT molecular complexity index is 626. The number of carbonyl (C=O) groups is 1. The van der Waals surface area contributed by atoms with Gasteiger partial charge in [0.05, 0.1) is 16.3 Å². The second kappa shape index (κ2) is 5.28. The molecular formula is C14H14ClN3O. The van der Waals surface area contributed by atoms with Crippen LogP contribution in [-0.2, 0) is 0 Å². The summed E-state index contributed by atoms with van der Waals surface area (Å²) < 4.78 is 0. The average Bonchev–Trinajstić information content (AvgIpc) is 2.39. The van der Waals surface area contributed by atoms with E-state index in [0.717, 1.165) is 17.1 Å². The van der Waals surface area contributed by atoms with E-state index in [0.29, 0.717) is 10.6 Å². The van der Waals surface area contributed by atoms with Gasteiger partial charge in [-0.3, -0.25) is 4.79 Å². The molecule has 19 heavy (non-hydrogen) atoms. The number of aromatic nitrogens is 1. The van der Waals surface area contributed by atoms with Crippen LogP contribution in [0.1, 0.15) is 10.4 Å². The van der Waals surface area contributed by atoms with Crippen molar-refractivity contribution in [3.05, 3.63) is 47.0 Å². The third kappa shape index (κ3) is 2.85. The van der Waals surface area contributed by atoms with Gasteiger partial charge >= 0.3 is 0 Å². The number of rotatable bonds is 3. The van der Waals surface area contributed by atoms with Gasteiger partial charge in [0.25, 0.3) is 0 Å². The van der Waals surface area contributed by atoms with Crippen molar-refractivity contribution in [3.63, 3.8) is 0 Å². The van der Waals surface area contributed by atoms with Crippen LogP contribution in [0, 0.1) is 0 Å². The Morgan fingerprint density at radius 2 is 2.00 bits per heavy atom. The fourth-order valence-electron chi connectivity index (χ4n) is 1.71. The summed E-state index contributed by atoms with van der Waals surface area (Å²) >= 11 is 5.93. The average molecular weight is 276 g/mol. The first-order valence-electron chi connectivity index (χ1n) is 5.73. The molecule has 4 nitrogen and oxygen atoms in total. The summed E-state index contributed by atoms with van der Waals surface area (Å²) in [6, 6.07) is 10.8. The first-order valence-corrected chi connectivity index (χ1v) is 6.11. The lowest BCUT2D eigenvalue weighted by Crippen LogP contribution is -2.12. The molecule has 2 N–H and O–H groups in total. The summed E-state index contributed by atoms with van der Waals surface area (Å²) in [6.45, 7) is 0. The molecule has 0 aliphatic rings. The second-order valence-electron chi connectivity index (χ2n) is 4.33. The van der Waals surface area contributed by atoms with E-state index in [-0.39, 0.29) is 0 Å². The largest absolute Gasteiger partial charge is 0.366 e. The standard InChI is InChI=1S/C14H14ClN3O/c1-18(2)13-5-3-4-12(17-13)9-6-7-11(15)10(8-9)14(16)19/h3-8H,1-2H3,(H2,16,19). The summed E-state index contributed by atoms with van der Waals surface area (Å²) in [5.41, 5.74) is 7.17. The smallest absolute Gasteiger partial charge is 0.250 e. The van der Waals surface area contributed by atoms with Gasteiger partial charge in [0.1, 0.15) is 5.82 Å². The Hall–Kier alpha value is -2.07. The van der Waals surface area contributed by atoms with Crippen molar-refractivity contribution in [3.8, 4) is 11.3 Å². The summed E-state index contributed by atoms with van der Waals surface area (Å²) in [4.78, 5) is 17.7. The molecule has 0 aliphatic carbocycles. The van der Waals surface area contributed by atoms with Gasteiger partial charge in [-0.25, -0.2) is 4.98 Å². The van der Waals surface area contributed by atoms with Crippen LogP contribution in [0.2, 0.25) is 5.02 Å². The topological polar surface area (TPSA) is 59.2 Å². The van der Waals surface area contributed by atoms with Crippen molar-refractivity contribution in [1.29, 1.82) is 0 Å². The van der Waals surface area contributed by atoms with Crippen LogP contribution >= 0.6 is 11.6 Å². The molecule has 2 rings (SSSR count). The minimum Gasteiger partial charge on any atom is -0.366 e. The molecule has 2 aromatic rings. The van der Waals surface area contributed by atoms with Gasteiger partial charge in [0.2, 0.25) is 5.91 Å². The number of carbonyl (C=O) groups excluding carboxylic acids is 1. The lowest BCUT2D eigenvalue weighted by Gasteiger charge is -2.12. The predicted octanol–water partition coefficient (Wildman–Crippen LogP) is 2.57. The van der Waals surface area contributed by atoms with Gasteiger partial charge < -0.3 is 10.6 Å². The molecule has 0 aliphatic heterocycles. The molecule has 0 unspecified atom stereocenters.